The van der Waals surface area contributed by atoms with Crippen molar-refractivity contribution >= 4 is 23.0 Å². The van der Waals surface area contributed by atoms with Crippen LogP contribution < -0.4 is 16.0 Å². The van der Waals surface area contributed by atoms with Crippen LogP contribution in [0.15, 0.2) is 60.8 Å². The molecule has 1 amide bonds. The van der Waals surface area contributed by atoms with E-state index < -0.39 is 11.7 Å². The molecule has 4 N–H and O–H groups in total. The maximum Gasteiger partial charge on any atom is 0.254 e. The summed E-state index contributed by atoms with van der Waals surface area (Å²) in [4.78, 5) is 19.3. The fourth-order valence-electron chi connectivity index (χ4n) is 4.89. The minimum atomic E-state index is -0.724. The summed E-state index contributed by atoms with van der Waals surface area (Å²) < 4.78 is 14.6. The Morgan fingerprint density at radius 1 is 1.09 bits per heavy atom. The van der Waals surface area contributed by atoms with Gasteiger partial charge in [-0.3, -0.25) is 15.2 Å². The first-order valence-electron chi connectivity index (χ1n) is 12.2. The molecule has 0 bridgehead atoms. The van der Waals surface area contributed by atoms with Gasteiger partial charge in [-0.15, -0.1) is 0 Å². The first kappa shape index (κ1) is 24.4. The molecule has 1 fully saturated rings. The number of nitrogen functional groups attached to an aromatic ring is 1. The Balaban J connectivity index is 1.54. The molecule has 1 saturated heterocycles. The molecule has 0 saturated carbocycles. The second-order valence-corrected chi connectivity index (χ2v) is 8.95. The number of aromatic nitrogens is 1. The average Bonchev–Trinajstić information content (AvgIpc) is 3.31. The fourth-order valence-corrected chi connectivity index (χ4v) is 4.89. The molecule has 0 spiro atoms. The van der Waals surface area contributed by atoms with Gasteiger partial charge in [-0.05, 0) is 62.1 Å². The molecule has 7 heteroatoms. The minimum Gasteiger partial charge on any atom is -0.398 e. The van der Waals surface area contributed by atoms with Gasteiger partial charge in [-0.1, -0.05) is 32.0 Å². The lowest BCUT2D eigenvalue weighted by atomic mass is 9.97. The fraction of sp³-hybridized carbons (Fsp3) is 0.321. The minimum absolute atomic E-state index is 0.120. The van der Waals surface area contributed by atoms with E-state index in [1.165, 1.54) is 18.9 Å². The third-order valence-electron chi connectivity index (χ3n) is 6.83. The van der Waals surface area contributed by atoms with Gasteiger partial charge in [0.05, 0.1) is 23.5 Å². The molecule has 1 aliphatic heterocycles. The summed E-state index contributed by atoms with van der Waals surface area (Å²) in [5.74, 6) is -1.30. The molecule has 1 aromatic heterocycles. The van der Waals surface area contributed by atoms with Crippen LogP contribution >= 0.6 is 0 Å². The summed E-state index contributed by atoms with van der Waals surface area (Å²) in [6.45, 7) is 4.62. The van der Waals surface area contributed by atoms with E-state index in [9.17, 15) is 9.18 Å². The first-order valence-corrected chi connectivity index (χ1v) is 12.2. The Morgan fingerprint density at radius 3 is 2.37 bits per heavy atom. The van der Waals surface area contributed by atoms with Crippen molar-refractivity contribution in [2.24, 2.45) is 0 Å². The molecule has 2 atom stereocenters. The average molecular weight is 474 g/mol. The maximum absolute atomic E-state index is 14.6. The summed E-state index contributed by atoms with van der Waals surface area (Å²) in [5.41, 5.74) is 8.98. The van der Waals surface area contributed by atoms with Gasteiger partial charge >= 0.3 is 0 Å². The summed E-state index contributed by atoms with van der Waals surface area (Å²) in [7, 11) is 0. The highest BCUT2D eigenvalue weighted by Gasteiger charge is 2.31. The highest BCUT2D eigenvalue weighted by molar-refractivity contribution is 6.15. The number of pyridine rings is 1. The number of hydrogen-bond acceptors (Lipinski definition) is 5. The van der Waals surface area contributed by atoms with Crippen LogP contribution in [0.1, 0.15) is 66.7 Å². The number of halogens is 1. The molecule has 0 radical (unpaired) electrons. The molecule has 2 heterocycles. The van der Waals surface area contributed by atoms with Crippen molar-refractivity contribution in [1.82, 2.24) is 10.3 Å². The predicted octanol–water partition coefficient (Wildman–Crippen LogP) is 5.31. The standard InChI is InChI=1S/C28H32FN5O/c1-3-20-12-13-21(4-2)34(20)22-10-8-18(9-11-22)27(31)24-15-23(25(29)16-26(24)30)28(35)33-17-19-7-5-6-14-32-19/h5-11,14-16,20-21,31H,3-4,12-13,17,30H2,1-2H3,(H,33,35). The Morgan fingerprint density at radius 2 is 1.77 bits per heavy atom. The Bertz CT molecular complexity index is 1180. The maximum atomic E-state index is 14.6. The lowest BCUT2D eigenvalue weighted by Crippen LogP contribution is -2.35. The SMILES string of the molecule is CCC1CCC(CC)N1c1ccc(C(=N)c2cc(C(=O)NCc3ccccn3)c(F)cc2N)cc1. The van der Waals surface area contributed by atoms with E-state index in [4.69, 9.17) is 11.1 Å². The van der Waals surface area contributed by atoms with E-state index in [1.54, 1.807) is 18.3 Å². The number of carbonyl (C=O) groups excluding carboxylic acids is 1. The monoisotopic (exact) mass is 473 g/mol. The number of nitrogens with zero attached hydrogens (tertiary/aromatic N) is 2. The Labute approximate surface area is 205 Å². The number of hydrogen-bond donors (Lipinski definition) is 3. The van der Waals surface area contributed by atoms with E-state index in [0.29, 0.717) is 28.9 Å². The van der Waals surface area contributed by atoms with E-state index in [0.717, 1.165) is 24.6 Å². The number of anilines is 2. The summed E-state index contributed by atoms with van der Waals surface area (Å²) in [6, 6.07) is 16.8. The molecule has 1 aliphatic rings. The smallest absolute Gasteiger partial charge is 0.254 e. The van der Waals surface area contributed by atoms with E-state index >= 15 is 0 Å². The lowest BCUT2D eigenvalue weighted by molar-refractivity contribution is 0.0946. The number of carbonyl (C=O) groups is 1. The van der Waals surface area contributed by atoms with Crippen LogP contribution in [0.4, 0.5) is 15.8 Å². The topological polar surface area (TPSA) is 95.1 Å². The molecule has 6 nitrogen and oxygen atoms in total. The zero-order valence-corrected chi connectivity index (χ0v) is 20.2. The van der Waals surface area contributed by atoms with Crippen molar-refractivity contribution in [3.63, 3.8) is 0 Å². The van der Waals surface area contributed by atoms with Crippen LogP contribution in [-0.4, -0.2) is 28.7 Å². The van der Waals surface area contributed by atoms with Gasteiger partial charge in [0.2, 0.25) is 0 Å². The van der Waals surface area contributed by atoms with Crippen molar-refractivity contribution in [2.45, 2.75) is 58.2 Å². The molecule has 35 heavy (non-hydrogen) atoms. The predicted molar refractivity (Wildman–Crippen MR) is 138 cm³/mol. The normalized spacial score (nSPS) is 17.4. The quantitative estimate of drug-likeness (QED) is 0.305. The third-order valence-corrected chi connectivity index (χ3v) is 6.83. The Hall–Kier alpha value is -3.74. The number of rotatable bonds is 8. The van der Waals surface area contributed by atoms with Crippen LogP contribution in [0.3, 0.4) is 0 Å². The van der Waals surface area contributed by atoms with Gasteiger partial charge in [-0.25, -0.2) is 4.39 Å². The molecular formula is C28H32FN5O. The molecule has 2 aromatic carbocycles. The summed E-state index contributed by atoms with van der Waals surface area (Å²) >= 11 is 0. The van der Waals surface area contributed by atoms with E-state index in [1.807, 2.05) is 30.3 Å². The van der Waals surface area contributed by atoms with Crippen LogP contribution in [0.2, 0.25) is 0 Å². The zero-order valence-electron chi connectivity index (χ0n) is 20.2. The van der Waals surface area contributed by atoms with Crippen molar-refractivity contribution in [2.75, 3.05) is 10.6 Å². The highest BCUT2D eigenvalue weighted by atomic mass is 19.1. The van der Waals surface area contributed by atoms with Crippen molar-refractivity contribution in [3.05, 3.63) is 89.0 Å². The van der Waals surface area contributed by atoms with Crippen LogP contribution in [0.5, 0.6) is 0 Å². The molecule has 3 aromatic rings. The number of nitrogens with two attached hydrogens (primary N) is 1. The second kappa shape index (κ2) is 10.7. The largest absolute Gasteiger partial charge is 0.398 e. The van der Waals surface area contributed by atoms with E-state index in [-0.39, 0.29) is 23.5 Å². The van der Waals surface area contributed by atoms with Crippen LogP contribution in [0.25, 0.3) is 0 Å². The number of amides is 1. The molecule has 182 valence electrons. The van der Waals surface area contributed by atoms with Gasteiger partial charge in [0.15, 0.2) is 0 Å². The Kier molecular flexibility index (Phi) is 7.44. The van der Waals surface area contributed by atoms with Gasteiger partial charge < -0.3 is 16.0 Å². The van der Waals surface area contributed by atoms with Crippen LogP contribution in [0, 0.1) is 11.2 Å². The van der Waals surface area contributed by atoms with Crippen molar-refractivity contribution in [1.29, 1.82) is 5.41 Å². The molecule has 4 rings (SSSR count). The van der Waals surface area contributed by atoms with Gasteiger partial charge in [0, 0.05) is 40.8 Å². The summed E-state index contributed by atoms with van der Waals surface area (Å²) in [5, 5.41) is 11.4. The van der Waals surface area contributed by atoms with Gasteiger partial charge in [-0.2, -0.15) is 0 Å². The lowest BCUT2D eigenvalue weighted by Gasteiger charge is -2.32. The third kappa shape index (κ3) is 5.19. The number of benzene rings is 2. The molecular weight excluding hydrogens is 441 g/mol. The summed E-state index contributed by atoms with van der Waals surface area (Å²) in [6.07, 6.45) is 6.23. The first-order chi connectivity index (χ1) is 16.9. The molecule has 0 aliphatic carbocycles. The highest BCUT2D eigenvalue weighted by Crippen LogP contribution is 2.34. The van der Waals surface area contributed by atoms with Crippen molar-refractivity contribution in [3.8, 4) is 0 Å². The zero-order chi connectivity index (χ0) is 24.9. The van der Waals surface area contributed by atoms with Gasteiger partial charge in [0.25, 0.3) is 5.91 Å². The van der Waals surface area contributed by atoms with Crippen molar-refractivity contribution < 1.29 is 9.18 Å². The van der Waals surface area contributed by atoms with E-state index in [2.05, 4.69) is 29.0 Å². The second-order valence-electron chi connectivity index (χ2n) is 8.95. The number of nitrogens with one attached hydrogen (secondary N) is 2. The molecule has 2 unspecified atom stereocenters. The van der Waals surface area contributed by atoms with Crippen LogP contribution in [-0.2, 0) is 6.54 Å². The van der Waals surface area contributed by atoms with Gasteiger partial charge in [0.1, 0.15) is 5.82 Å².